The monoisotopic (exact) mass is 299 g/mol. The molecule has 0 bridgehead atoms. The predicted molar refractivity (Wildman–Crippen MR) is 96.4 cm³/mol. The first-order valence-electron chi connectivity index (χ1n) is 7.94. The molecule has 0 aliphatic heterocycles. The van der Waals surface area contributed by atoms with Gasteiger partial charge in [-0.25, -0.2) is 0 Å². The third-order valence-corrected chi connectivity index (χ3v) is 15.1. The Morgan fingerprint density at radius 2 is 1.37 bits per heavy atom. The van der Waals surface area contributed by atoms with Crippen LogP contribution in [-0.4, -0.2) is 28.9 Å². The average molecular weight is 300 g/mol. The highest BCUT2D eigenvalue weighted by molar-refractivity contribution is 6.83. The van der Waals surface area contributed by atoms with Gasteiger partial charge in [-0.15, -0.1) is 12.3 Å². The minimum atomic E-state index is -1.26. The molecular weight excluding hydrogens is 262 g/mol. The van der Waals surface area contributed by atoms with E-state index in [4.69, 9.17) is 0 Å². The SMILES string of the molecule is C=C[Si](C)(C)CCNC[Si](C(C)C)(C(C)C)C(C)C. The summed E-state index contributed by atoms with van der Waals surface area (Å²) in [5.41, 5.74) is 4.77. The quantitative estimate of drug-likeness (QED) is 0.454. The fourth-order valence-electron chi connectivity index (χ4n) is 3.43. The van der Waals surface area contributed by atoms with Crippen molar-refractivity contribution in [1.29, 1.82) is 0 Å². The van der Waals surface area contributed by atoms with Crippen molar-refractivity contribution in [2.45, 2.75) is 77.3 Å². The van der Waals surface area contributed by atoms with E-state index in [1.165, 1.54) is 18.8 Å². The molecule has 0 unspecified atom stereocenters. The van der Waals surface area contributed by atoms with Crippen LogP contribution in [0.25, 0.3) is 0 Å². The van der Waals surface area contributed by atoms with Crippen molar-refractivity contribution in [2.24, 2.45) is 0 Å². The van der Waals surface area contributed by atoms with Crippen LogP contribution in [0.5, 0.6) is 0 Å². The molecule has 0 rings (SSSR count). The Bertz CT molecular complexity index is 248. The van der Waals surface area contributed by atoms with Crippen LogP contribution in [0.4, 0.5) is 0 Å². The van der Waals surface area contributed by atoms with Gasteiger partial charge in [0.05, 0.1) is 16.1 Å². The lowest BCUT2D eigenvalue weighted by atomic mass is 10.5. The molecule has 0 aliphatic carbocycles. The lowest BCUT2D eigenvalue weighted by Gasteiger charge is -2.43. The van der Waals surface area contributed by atoms with Gasteiger partial charge in [-0.1, -0.05) is 54.6 Å². The van der Waals surface area contributed by atoms with E-state index in [9.17, 15) is 0 Å². The smallest absolute Gasteiger partial charge is 0.0762 e. The Labute approximate surface area is 124 Å². The zero-order valence-electron chi connectivity index (χ0n) is 14.6. The van der Waals surface area contributed by atoms with Gasteiger partial charge < -0.3 is 5.32 Å². The molecule has 1 nitrogen and oxygen atoms in total. The number of rotatable bonds is 9. The fraction of sp³-hybridized carbons (Fsp3) is 0.875. The Kier molecular flexibility index (Phi) is 7.85. The van der Waals surface area contributed by atoms with Gasteiger partial charge in [-0.05, 0) is 35.4 Å². The van der Waals surface area contributed by atoms with Crippen molar-refractivity contribution in [2.75, 3.05) is 12.7 Å². The van der Waals surface area contributed by atoms with Gasteiger partial charge in [0.2, 0.25) is 0 Å². The molecule has 0 atom stereocenters. The molecule has 114 valence electrons. The summed E-state index contributed by atoms with van der Waals surface area (Å²) in [5, 5.41) is 3.81. The summed E-state index contributed by atoms with van der Waals surface area (Å²) in [5.74, 6) is 0. The van der Waals surface area contributed by atoms with E-state index < -0.39 is 16.1 Å². The largest absolute Gasteiger partial charge is 0.320 e. The first-order chi connectivity index (χ1) is 8.60. The maximum absolute atomic E-state index is 3.99. The van der Waals surface area contributed by atoms with Crippen molar-refractivity contribution in [1.82, 2.24) is 5.32 Å². The van der Waals surface area contributed by atoms with E-state index in [0.29, 0.717) is 0 Å². The van der Waals surface area contributed by atoms with Crippen molar-refractivity contribution in [3.8, 4) is 0 Å². The molecule has 1 N–H and O–H groups in total. The van der Waals surface area contributed by atoms with Crippen LogP contribution in [0.2, 0.25) is 35.8 Å². The second kappa shape index (κ2) is 7.79. The third-order valence-electron chi connectivity index (χ3n) is 5.15. The highest BCUT2D eigenvalue weighted by Gasteiger charge is 2.42. The average Bonchev–Trinajstić information content (AvgIpc) is 2.27. The molecule has 0 aromatic rings. The van der Waals surface area contributed by atoms with Crippen molar-refractivity contribution >= 4 is 16.1 Å². The highest BCUT2D eigenvalue weighted by Crippen LogP contribution is 2.40. The second-order valence-electron chi connectivity index (χ2n) is 7.70. The molecule has 0 amide bonds. The summed E-state index contributed by atoms with van der Waals surface area (Å²) in [6.07, 6.45) is 1.28. The normalized spacial score (nSPS) is 13.6. The molecule has 19 heavy (non-hydrogen) atoms. The number of hydrogen-bond acceptors (Lipinski definition) is 1. The Morgan fingerprint density at radius 1 is 0.947 bits per heavy atom. The van der Waals surface area contributed by atoms with Gasteiger partial charge in [0.1, 0.15) is 0 Å². The van der Waals surface area contributed by atoms with E-state index in [-0.39, 0.29) is 0 Å². The van der Waals surface area contributed by atoms with E-state index in [0.717, 1.165) is 16.6 Å². The van der Waals surface area contributed by atoms with Crippen LogP contribution in [0, 0.1) is 0 Å². The molecule has 0 fully saturated rings. The first kappa shape index (κ1) is 19.1. The molecule has 0 aliphatic rings. The lowest BCUT2D eigenvalue weighted by Crippen LogP contribution is -2.53. The maximum Gasteiger partial charge on any atom is 0.0762 e. The van der Waals surface area contributed by atoms with Gasteiger partial charge >= 0.3 is 0 Å². The fourth-order valence-corrected chi connectivity index (χ4v) is 10.3. The number of hydrogen-bond donors (Lipinski definition) is 1. The lowest BCUT2D eigenvalue weighted by molar-refractivity contribution is 0.729. The summed E-state index contributed by atoms with van der Waals surface area (Å²) in [6, 6.07) is 1.31. The molecule has 0 saturated heterocycles. The van der Waals surface area contributed by atoms with E-state index in [1.54, 1.807) is 0 Å². The van der Waals surface area contributed by atoms with Crippen LogP contribution < -0.4 is 5.32 Å². The van der Waals surface area contributed by atoms with E-state index in [1.807, 2.05) is 0 Å². The van der Waals surface area contributed by atoms with Crippen LogP contribution in [0.3, 0.4) is 0 Å². The Balaban J connectivity index is 4.57. The topological polar surface area (TPSA) is 12.0 Å². The van der Waals surface area contributed by atoms with Gasteiger partial charge in [-0.2, -0.15) is 0 Å². The summed E-state index contributed by atoms with van der Waals surface area (Å²) in [6.45, 7) is 24.6. The second-order valence-corrected chi connectivity index (χ2v) is 18.6. The molecule has 3 heteroatoms. The molecule has 0 saturated carbocycles. The maximum atomic E-state index is 3.99. The summed E-state index contributed by atoms with van der Waals surface area (Å²) >= 11 is 0. The Hall–Kier alpha value is 0.134. The van der Waals surface area contributed by atoms with Gasteiger partial charge in [0, 0.05) is 0 Å². The number of nitrogens with one attached hydrogen (secondary N) is 1. The summed E-state index contributed by atoms with van der Waals surface area (Å²) < 4.78 is 0. The van der Waals surface area contributed by atoms with Crippen LogP contribution in [0.15, 0.2) is 12.3 Å². The highest BCUT2D eigenvalue weighted by atomic mass is 28.3. The van der Waals surface area contributed by atoms with Gasteiger partial charge in [0.15, 0.2) is 0 Å². The summed E-state index contributed by atoms with van der Waals surface area (Å²) in [7, 11) is -2.39. The van der Waals surface area contributed by atoms with E-state index >= 15 is 0 Å². The molecular formula is C16H37NSi2. The van der Waals surface area contributed by atoms with Crippen LogP contribution >= 0.6 is 0 Å². The third kappa shape index (κ3) is 5.20. The first-order valence-corrected chi connectivity index (χ1v) is 13.7. The molecule has 0 heterocycles. The molecule has 0 aromatic heterocycles. The van der Waals surface area contributed by atoms with Crippen molar-refractivity contribution < 1.29 is 0 Å². The minimum absolute atomic E-state index is 0.852. The molecule has 0 aromatic carbocycles. The Morgan fingerprint density at radius 3 is 1.68 bits per heavy atom. The van der Waals surface area contributed by atoms with Crippen molar-refractivity contribution in [3.63, 3.8) is 0 Å². The van der Waals surface area contributed by atoms with Crippen LogP contribution in [-0.2, 0) is 0 Å². The van der Waals surface area contributed by atoms with Gasteiger partial charge in [-0.3, -0.25) is 0 Å². The standard InChI is InChI=1S/C16H37NSi2/c1-10-18(8,9)12-11-17-13-19(14(2)3,15(4)5)16(6)7/h10,14-17H,1,11-13H2,2-9H3. The molecule has 0 radical (unpaired) electrons. The zero-order chi connectivity index (χ0) is 15.3. The summed E-state index contributed by atoms with van der Waals surface area (Å²) in [4.78, 5) is 0. The van der Waals surface area contributed by atoms with Gasteiger partial charge in [0.25, 0.3) is 0 Å². The van der Waals surface area contributed by atoms with Crippen molar-refractivity contribution in [3.05, 3.63) is 12.3 Å². The minimum Gasteiger partial charge on any atom is -0.320 e. The predicted octanol–water partition coefficient (Wildman–Crippen LogP) is 5.23. The zero-order valence-corrected chi connectivity index (χ0v) is 16.6. The van der Waals surface area contributed by atoms with Crippen LogP contribution in [0.1, 0.15) is 41.5 Å². The van der Waals surface area contributed by atoms with E-state index in [2.05, 4.69) is 72.2 Å². The molecule has 0 spiro atoms.